The van der Waals surface area contributed by atoms with Crippen LogP contribution in [0.2, 0.25) is 0 Å². The minimum atomic E-state index is -4.04. The standard InChI is InChI=1S/C39H46N4O6P2/c1-28-9-13-36(21-32(28)5)46-50(44,47-37-14-10-29(2)33(6)22-37)26-42(19-17-40)25-43(20-18-41)27-51(45,48-38-15-11-30(3)34(7)23-38)49-39-16-12-31(4)35(8)24-39/h9-16,21-24H,19-20,25-27H2,1-8H3. The van der Waals surface area contributed by atoms with Crippen LogP contribution in [-0.4, -0.2) is 42.1 Å². The molecule has 4 aromatic carbocycles. The van der Waals surface area contributed by atoms with Crippen molar-refractivity contribution < 1.29 is 27.2 Å². The van der Waals surface area contributed by atoms with Crippen LogP contribution in [0.15, 0.2) is 72.8 Å². The molecular weight excluding hydrogens is 682 g/mol. The van der Waals surface area contributed by atoms with E-state index in [4.69, 9.17) is 18.1 Å². The molecule has 0 saturated heterocycles. The molecule has 51 heavy (non-hydrogen) atoms. The third kappa shape index (κ3) is 11.2. The summed E-state index contributed by atoms with van der Waals surface area (Å²) in [5, 5.41) is 19.7. The maximum absolute atomic E-state index is 14.7. The van der Waals surface area contributed by atoms with Crippen molar-refractivity contribution in [3.8, 4) is 35.1 Å². The summed E-state index contributed by atoms with van der Waals surface area (Å²) < 4.78 is 53.8. The van der Waals surface area contributed by atoms with Crippen LogP contribution in [0.4, 0.5) is 0 Å². The Morgan fingerprint density at radius 1 is 0.471 bits per heavy atom. The van der Waals surface area contributed by atoms with Crippen LogP contribution in [0.25, 0.3) is 0 Å². The van der Waals surface area contributed by atoms with Gasteiger partial charge in [-0.25, -0.2) is 9.13 Å². The Labute approximate surface area is 302 Å². The second-order valence-corrected chi connectivity index (χ2v) is 16.7. The van der Waals surface area contributed by atoms with Crippen molar-refractivity contribution in [1.29, 1.82) is 10.5 Å². The van der Waals surface area contributed by atoms with Crippen LogP contribution in [0, 0.1) is 78.1 Å². The van der Waals surface area contributed by atoms with Gasteiger partial charge in [-0.15, -0.1) is 0 Å². The van der Waals surface area contributed by atoms with E-state index in [0.29, 0.717) is 23.0 Å². The van der Waals surface area contributed by atoms with Gasteiger partial charge in [0.15, 0.2) is 0 Å². The largest absolute Gasteiger partial charge is 0.444 e. The molecule has 0 unspecified atom stereocenters. The van der Waals surface area contributed by atoms with E-state index in [1.54, 1.807) is 48.5 Å². The average molecular weight is 729 g/mol. The lowest BCUT2D eigenvalue weighted by molar-refractivity contribution is 0.179. The first-order valence-corrected chi connectivity index (χ1v) is 20.0. The summed E-state index contributed by atoms with van der Waals surface area (Å²) in [6.07, 6.45) is -0.634. The van der Waals surface area contributed by atoms with Gasteiger partial charge in [-0.1, -0.05) is 24.3 Å². The molecule has 0 radical (unpaired) electrons. The maximum Gasteiger partial charge on any atom is 0.444 e. The van der Waals surface area contributed by atoms with E-state index in [1.807, 2.05) is 79.7 Å². The van der Waals surface area contributed by atoms with Gasteiger partial charge in [-0.05, 0) is 148 Å². The third-order valence-electron chi connectivity index (χ3n) is 8.63. The molecule has 0 aliphatic rings. The van der Waals surface area contributed by atoms with Gasteiger partial charge in [-0.3, -0.25) is 9.80 Å². The molecule has 4 aromatic rings. The van der Waals surface area contributed by atoms with E-state index >= 15 is 0 Å². The second-order valence-electron chi connectivity index (χ2n) is 13.0. The number of benzene rings is 4. The zero-order valence-electron chi connectivity index (χ0n) is 30.6. The molecule has 0 aliphatic heterocycles. The lowest BCUT2D eigenvalue weighted by atomic mass is 10.1. The summed E-state index contributed by atoms with van der Waals surface area (Å²) in [5.41, 5.74) is 7.96. The first-order valence-electron chi connectivity index (χ1n) is 16.5. The van der Waals surface area contributed by atoms with Gasteiger partial charge in [0.05, 0.1) is 31.9 Å². The highest BCUT2D eigenvalue weighted by Crippen LogP contribution is 2.51. The van der Waals surface area contributed by atoms with Gasteiger partial charge in [-0.2, -0.15) is 10.5 Å². The minimum absolute atomic E-state index is 0.103. The summed E-state index contributed by atoms with van der Waals surface area (Å²) in [6, 6.07) is 25.7. The van der Waals surface area contributed by atoms with Gasteiger partial charge >= 0.3 is 15.2 Å². The lowest BCUT2D eigenvalue weighted by Crippen LogP contribution is -2.40. The average Bonchev–Trinajstić information content (AvgIpc) is 3.04. The van der Waals surface area contributed by atoms with Gasteiger partial charge in [0, 0.05) is 0 Å². The Bertz CT molecular complexity index is 1790. The Morgan fingerprint density at radius 2 is 0.725 bits per heavy atom. The van der Waals surface area contributed by atoms with E-state index in [9.17, 15) is 19.7 Å². The SMILES string of the molecule is Cc1ccc(OP(=O)(CN(CC#N)CN(CC#N)CP(=O)(Oc2ccc(C)c(C)c2)Oc2ccc(C)c(C)c2)Oc2ccc(C)c(C)c2)cc1C. The first kappa shape index (κ1) is 39.2. The van der Waals surface area contributed by atoms with Crippen molar-refractivity contribution >= 4 is 15.2 Å². The van der Waals surface area contributed by atoms with Crippen LogP contribution < -0.4 is 18.1 Å². The highest BCUT2D eigenvalue weighted by atomic mass is 31.2. The van der Waals surface area contributed by atoms with E-state index in [0.717, 1.165) is 44.5 Å². The summed E-state index contributed by atoms with van der Waals surface area (Å²) in [6.45, 7) is 15.1. The minimum Gasteiger partial charge on any atom is -0.415 e. The van der Waals surface area contributed by atoms with Crippen LogP contribution in [0.5, 0.6) is 23.0 Å². The van der Waals surface area contributed by atoms with Crippen LogP contribution in [0.3, 0.4) is 0 Å². The molecule has 0 atom stereocenters. The molecule has 0 N–H and O–H groups in total. The van der Waals surface area contributed by atoms with E-state index in [1.165, 1.54) is 9.80 Å². The zero-order valence-corrected chi connectivity index (χ0v) is 32.4. The van der Waals surface area contributed by atoms with Crippen molar-refractivity contribution in [3.63, 3.8) is 0 Å². The van der Waals surface area contributed by atoms with Crippen molar-refractivity contribution in [2.75, 3.05) is 32.3 Å². The Balaban J connectivity index is 1.67. The summed E-state index contributed by atoms with van der Waals surface area (Å²) in [7, 11) is -8.08. The maximum atomic E-state index is 14.7. The molecule has 10 nitrogen and oxygen atoms in total. The highest BCUT2D eigenvalue weighted by Gasteiger charge is 2.36. The number of aryl methyl sites for hydroxylation is 8. The topological polar surface area (TPSA) is 125 Å². The van der Waals surface area contributed by atoms with Crippen LogP contribution >= 0.6 is 15.2 Å². The molecule has 0 fully saturated rings. The highest BCUT2D eigenvalue weighted by molar-refractivity contribution is 7.54. The quantitative estimate of drug-likeness (QED) is 0.0625. The molecule has 12 heteroatoms. The number of nitrogens with zero attached hydrogens (tertiary/aromatic N) is 4. The molecule has 0 amide bonds. The molecular formula is C39H46N4O6P2. The second kappa shape index (κ2) is 17.1. The molecule has 0 bridgehead atoms. The molecule has 0 saturated carbocycles. The molecule has 4 rings (SSSR count). The summed E-state index contributed by atoms with van der Waals surface area (Å²) >= 11 is 0. The Hall–Kier alpha value is -4.56. The van der Waals surface area contributed by atoms with Gasteiger partial charge in [0.1, 0.15) is 35.6 Å². The normalized spacial score (nSPS) is 11.6. The van der Waals surface area contributed by atoms with E-state index < -0.39 is 15.2 Å². The molecule has 0 aliphatic carbocycles. The first-order chi connectivity index (χ1) is 24.1. The van der Waals surface area contributed by atoms with E-state index in [-0.39, 0.29) is 32.3 Å². The third-order valence-corrected chi connectivity index (χ3v) is 12.1. The molecule has 0 heterocycles. The molecule has 268 valence electrons. The number of hydrogen-bond acceptors (Lipinski definition) is 10. The number of nitriles is 2. The van der Waals surface area contributed by atoms with Gasteiger partial charge in [0.2, 0.25) is 0 Å². The van der Waals surface area contributed by atoms with Gasteiger partial charge < -0.3 is 18.1 Å². The fourth-order valence-electron chi connectivity index (χ4n) is 5.14. The fourth-order valence-corrected chi connectivity index (χ4v) is 8.54. The summed E-state index contributed by atoms with van der Waals surface area (Å²) in [4.78, 5) is 3.08. The predicted molar refractivity (Wildman–Crippen MR) is 201 cm³/mol. The van der Waals surface area contributed by atoms with Gasteiger partial charge in [0.25, 0.3) is 0 Å². The van der Waals surface area contributed by atoms with Crippen molar-refractivity contribution in [3.05, 3.63) is 117 Å². The lowest BCUT2D eigenvalue weighted by Gasteiger charge is -2.31. The van der Waals surface area contributed by atoms with Crippen molar-refractivity contribution in [1.82, 2.24) is 9.80 Å². The number of rotatable bonds is 16. The Kier molecular flexibility index (Phi) is 13.2. The zero-order chi connectivity index (χ0) is 37.3. The summed E-state index contributed by atoms with van der Waals surface area (Å²) in [5.74, 6) is 1.40. The molecule has 0 aromatic heterocycles. The monoisotopic (exact) mass is 728 g/mol. The van der Waals surface area contributed by atoms with Crippen LogP contribution in [0.1, 0.15) is 44.5 Å². The fraction of sp³-hybridized carbons (Fsp3) is 0.333. The van der Waals surface area contributed by atoms with Crippen LogP contribution in [-0.2, 0) is 9.13 Å². The number of hydrogen-bond donors (Lipinski definition) is 0. The predicted octanol–water partition coefficient (Wildman–Crippen LogP) is 9.68. The van der Waals surface area contributed by atoms with Crippen molar-refractivity contribution in [2.24, 2.45) is 0 Å². The smallest absolute Gasteiger partial charge is 0.415 e. The molecule has 0 spiro atoms. The Morgan fingerprint density at radius 3 is 0.941 bits per heavy atom. The van der Waals surface area contributed by atoms with E-state index in [2.05, 4.69) is 12.1 Å². The van der Waals surface area contributed by atoms with Crippen molar-refractivity contribution in [2.45, 2.75) is 55.4 Å².